The summed E-state index contributed by atoms with van der Waals surface area (Å²) in [5.41, 5.74) is 9.24. The van der Waals surface area contributed by atoms with E-state index in [-0.39, 0.29) is 5.91 Å². The van der Waals surface area contributed by atoms with Gasteiger partial charge in [0.2, 0.25) is 0 Å². The van der Waals surface area contributed by atoms with Crippen molar-refractivity contribution < 1.29 is 4.79 Å². The molecule has 0 atom stereocenters. The van der Waals surface area contributed by atoms with Crippen LogP contribution in [0.5, 0.6) is 0 Å². The number of benzene rings is 2. The van der Waals surface area contributed by atoms with Crippen molar-refractivity contribution in [2.45, 2.75) is 26.8 Å². The molecular formula is C18H22N2O. The first kappa shape index (κ1) is 15.1. The van der Waals surface area contributed by atoms with Gasteiger partial charge in [-0.2, -0.15) is 0 Å². The Balaban J connectivity index is 2.27. The second-order valence-corrected chi connectivity index (χ2v) is 5.25. The van der Waals surface area contributed by atoms with Gasteiger partial charge >= 0.3 is 0 Å². The van der Waals surface area contributed by atoms with E-state index in [1.165, 1.54) is 0 Å². The van der Waals surface area contributed by atoms with E-state index in [9.17, 15) is 4.79 Å². The Labute approximate surface area is 126 Å². The van der Waals surface area contributed by atoms with E-state index in [1.807, 2.05) is 54.3 Å². The third kappa shape index (κ3) is 3.63. The quantitative estimate of drug-likeness (QED) is 0.851. The summed E-state index contributed by atoms with van der Waals surface area (Å²) in [7, 11) is 0. The standard InChI is InChI=1S/C18H22N2O/c1-3-12-20(13-15-9-5-4-6-10-15)18(21)17-14(2)8-7-11-16(17)19/h4-11H,3,12-13,19H2,1-2H3. The number of aryl methyl sites for hydroxylation is 1. The number of hydrogen-bond donors (Lipinski definition) is 1. The number of hydrogen-bond acceptors (Lipinski definition) is 2. The number of anilines is 1. The highest BCUT2D eigenvalue weighted by molar-refractivity contribution is 6.00. The molecule has 0 unspecified atom stereocenters. The van der Waals surface area contributed by atoms with Crippen LogP contribution in [0.4, 0.5) is 5.69 Å². The van der Waals surface area contributed by atoms with E-state index >= 15 is 0 Å². The summed E-state index contributed by atoms with van der Waals surface area (Å²) in [5, 5.41) is 0. The van der Waals surface area contributed by atoms with Crippen molar-refractivity contribution in [3.8, 4) is 0 Å². The second kappa shape index (κ2) is 6.93. The topological polar surface area (TPSA) is 46.3 Å². The van der Waals surface area contributed by atoms with Crippen LogP contribution in [-0.2, 0) is 6.54 Å². The van der Waals surface area contributed by atoms with Gasteiger partial charge in [-0.25, -0.2) is 0 Å². The van der Waals surface area contributed by atoms with E-state index in [1.54, 1.807) is 6.07 Å². The molecule has 0 saturated carbocycles. The maximum atomic E-state index is 12.8. The fourth-order valence-electron chi connectivity index (χ4n) is 2.47. The lowest BCUT2D eigenvalue weighted by molar-refractivity contribution is 0.0743. The largest absolute Gasteiger partial charge is 0.398 e. The fraction of sp³-hybridized carbons (Fsp3) is 0.278. The van der Waals surface area contributed by atoms with Crippen molar-refractivity contribution in [2.75, 3.05) is 12.3 Å². The Kier molecular flexibility index (Phi) is 4.99. The summed E-state index contributed by atoms with van der Waals surface area (Å²) < 4.78 is 0. The molecule has 2 N–H and O–H groups in total. The van der Waals surface area contributed by atoms with Crippen molar-refractivity contribution in [1.82, 2.24) is 4.90 Å². The van der Waals surface area contributed by atoms with Crippen LogP contribution >= 0.6 is 0 Å². The van der Waals surface area contributed by atoms with Gasteiger partial charge in [0.05, 0.1) is 5.56 Å². The molecule has 2 rings (SSSR count). The zero-order chi connectivity index (χ0) is 15.2. The number of nitrogens with two attached hydrogens (primary N) is 1. The summed E-state index contributed by atoms with van der Waals surface area (Å²) in [6.45, 7) is 5.34. The molecule has 2 aromatic carbocycles. The van der Waals surface area contributed by atoms with Crippen LogP contribution in [0.2, 0.25) is 0 Å². The number of carbonyl (C=O) groups is 1. The smallest absolute Gasteiger partial charge is 0.256 e. The van der Waals surface area contributed by atoms with Gasteiger partial charge in [-0.05, 0) is 30.5 Å². The first-order valence-corrected chi connectivity index (χ1v) is 7.31. The third-order valence-corrected chi connectivity index (χ3v) is 3.52. The fourth-order valence-corrected chi connectivity index (χ4v) is 2.47. The van der Waals surface area contributed by atoms with E-state index in [0.29, 0.717) is 17.8 Å². The predicted octanol–water partition coefficient (Wildman–Crippen LogP) is 3.63. The van der Waals surface area contributed by atoms with Crippen molar-refractivity contribution >= 4 is 11.6 Å². The van der Waals surface area contributed by atoms with E-state index in [4.69, 9.17) is 5.73 Å². The minimum Gasteiger partial charge on any atom is -0.398 e. The molecule has 1 amide bonds. The summed E-state index contributed by atoms with van der Waals surface area (Å²) in [6.07, 6.45) is 0.921. The Morgan fingerprint density at radius 3 is 2.43 bits per heavy atom. The van der Waals surface area contributed by atoms with Crippen LogP contribution in [0.15, 0.2) is 48.5 Å². The van der Waals surface area contributed by atoms with Gasteiger partial charge in [0.15, 0.2) is 0 Å². The monoisotopic (exact) mass is 282 g/mol. The lowest BCUT2D eigenvalue weighted by atomic mass is 10.0. The van der Waals surface area contributed by atoms with Gasteiger partial charge in [0.25, 0.3) is 5.91 Å². The van der Waals surface area contributed by atoms with E-state index in [2.05, 4.69) is 6.92 Å². The minimum absolute atomic E-state index is 0.0105. The third-order valence-electron chi connectivity index (χ3n) is 3.52. The minimum atomic E-state index is 0.0105. The molecule has 0 fully saturated rings. The number of nitrogens with zero attached hydrogens (tertiary/aromatic N) is 1. The lowest BCUT2D eigenvalue weighted by Crippen LogP contribution is -2.32. The zero-order valence-corrected chi connectivity index (χ0v) is 12.7. The molecule has 0 aliphatic rings. The molecule has 3 nitrogen and oxygen atoms in total. The first-order chi connectivity index (χ1) is 10.1. The number of rotatable bonds is 5. The van der Waals surface area contributed by atoms with Crippen molar-refractivity contribution in [3.63, 3.8) is 0 Å². The Morgan fingerprint density at radius 1 is 1.10 bits per heavy atom. The van der Waals surface area contributed by atoms with Crippen LogP contribution in [0.25, 0.3) is 0 Å². The molecular weight excluding hydrogens is 260 g/mol. The van der Waals surface area contributed by atoms with Crippen LogP contribution in [0.1, 0.15) is 34.8 Å². The molecule has 0 heterocycles. The average Bonchev–Trinajstić information content (AvgIpc) is 2.47. The molecule has 0 aromatic heterocycles. The van der Waals surface area contributed by atoms with Gasteiger partial charge in [-0.15, -0.1) is 0 Å². The highest BCUT2D eigenvalue weighted by Gasteiger charge is 2.19. The molecule has 110 valence electrons. The number of carbonyl (C=O) groups excluding carboxylic acids is 1. The van der Waals surface area contributed by atoms with Gasteiger partial charge in [0.1, 0.15) is 0 Å². The van der Waals surface area contributed by atoms with Crippen LogP contribution in [0.3, 0.4) is 0 Å². The summed E-state index contributed by atoms with van der Waals surface area (Å²) >= 11 is 0. The highest BCUT2D eigenvalue weighted by Crippen LogP contribution is 2.20. The molecule has 3 heteroatoms. The SMILES string of the molecule is CCCN(Cc1ccccc1)C(=O)c1c(C)cccc1N. The Hall–Kier alpha value is -2.29. The van der Waals surface area contributed by atoms with Crippen molar-refractivity contribution in [1.29, 1.82) is 0 Å². The molecule has 0 spiro atoms. The van der Waals surface area contributed by atoms with Crippen LogP contribution < -0.4 is 5.73 Å². The summed E-state index contributed by atoms with van der Waals surface area (Å²) in [5.74, 6) is 0.0105. The van der Waals surface area contributed by atoms with Crippen molar-refractivity contribution in [3.05, 3.63) is 65.2 Å². The predicted molar refractivity (Wildman–Crippen MR) is 87.1 cm³/mol. The molecule has 21 heavy (non-hydrogen) atoms. The van der Waals surface area contributed by atoms with Crippen molar-refractivity contribution in [2.24, 2.45) is 0 Å². The van der Waals surface area contributed by atoms with Gasteiger partial charge in [-0.1, -0.05) is 49.4 Å². The van der Waals surface area contributed by atoms with E-state index in [0.717, 1.165) is 24.1 Å². The normalized spacial score (nSPS) is 10.4. The van der Waals surface area contributed by atoms with Crippen LogP contribution in [-0.4, -0.2) is 17.4 Å². The average molecular weight is 282 g/mol. The first-order valence-electron chi connectivity index (χ1n) is 7.31. The van der Waals surface area contributed by atoms with E-state index < -0.39 is 0 Å². The van der Waals surface area contributed by atoms with Crippen LogP contribution in [0, 0.1) is 6.92 Å². The molecule has 2 aromatic rings. The molecule has 0 aliphatic carbocycles. The Morgan fingerprint density at radius 2 is 1.81 bits per heavy atom. The van der Waals surface area contributed by atoms with Gasteiger partial charge in [0, 0.05) is 18.8 Å². The maximum absolute atomic E-state index is 12.8. The Bertz CT molecular complexity index is 588. The van der Waals surface area contributed by atoms with Gasteiger partial charge in [-0.3, -0.25) is 4.79 Å². The summed E-state index contributed by atoms with van der Waals surface area (Å²) in [4.78, 5) is 14.7. The highest BCUT2D eigenvalue weighted by atomic mass is 16.2. The molecule has 0 radical (unpaired) electrons. The zero-order valence-electron chi connectivity index (χ0n) is 12.7. The maximum Gasteiger partial charge on any atom is 0.256 e. The van der Waals surface area contributed by atoms with Gasteiger partial charge < -0.3 is 10.6 Å². The number of nitrogen functional groups attached to an aromatic ring is 1. The second-order valence-electron chi connectivity index (χ2n) is 5.25. The lowest BCUT2D eigenvalue weighted by Gasteiger charge is -2.24. The summed E-state index contributed by atoms with van der Waals surface area (Å²) in [6, 6.07) is 15.6. The number of amides is 1. The molecule has 0 saturated heterocycles. The molecule has 0 aliphatic heterocycles. The molecule has 0 bridgehead atoms.